The quantitative estimate of drug-likeness (QED) is 0.0326. The number of rotatable bonds is 17. The van der Waals surface area contributed by atoms with E-state index < -0.39 is 39.5 Å². The number of carboxylic acids is 1. The Kier molecular flexibility index (Phi) is 12.8. The second-order valence-electron chi connectivity index (χ2n) is 12.6. The highest BCUT2D eigenvalue weighted by molar-refractivity contribution is 7.86. The van der Waals surface area contributed by atoms with E-state index in [2.05, 4.69) is 32.7 Å². The fraction of sp³-hybridized carbons (Fsp3) is 0.333. The minimum Gasteiger partial charge on any atom is -0.493 e. The van der Waals surface area contributed by atoms with Crippen molar-refractivity contribution in [3.05, 3.63) is 95.2 Å². The smallest absolute Gasteiger partial charge is 0.347 e. The predicted octanol–water partition coefficient (Wildman–Crippen LogP) is 4.55. The van der Waals surface area contributed by atoms with Crippen LogP contribution in [0.4, 0.5) is 5.82 Å². The monoisotopic (exact) mass is 719 g/mol. The van der Waals surface area contributed by atoms with Crippen LogP contribution in [0.25, 0.3) is 0 Å². The number of pyridine rings is 1. The molecule has 0 fully saturated rings. The fourth-order valence-corrected chi connectivity index (χ4v) is 6.20. The van der Waals surface area contributed by atoms with Crippen molar-refractivity contribution in [1.29, 1.82) is 0 Å². The minimum atomic E-state index is -4.46. The number of aromatic nitrogens is 1. The van der Waals surface area contributed by atoms with Gasteiger partial charge in [0.2, 0.25) is 12.1 Å². The minimum absolute atomic E-state index is 0.00258. The van der Waals surface area contributed by atoms with E-state index in [4.69, 9.17) is 4.74 Å². The average Bonchev–Trinajstić information content (AvgIpc) is 3.08. The molecule has 14 nitrogen and oxygen atoms in total. The van der Waals surface area contributed by atoms with E-state index in [1.807, 2.05) is 12.1 Å². The van der Waals surface area contributed by atoms with Gasteiger partial charge in [-0.1, -0.05) is 38.1 Å². The molecule has 3 aromatic rings. The van der Waals surface area contributed by atoms with Crippen LogP contribution in [0, 0.1) is 5.41 Å². The second-order valence-corrected chi connectivity index (χ2v) is 14.0. The second kappa shape index (κ2) is 17.0. The molecule has 0 unspecified atom stereocenters. The number of fused-ring (bicyclic) bond motifs is 1. The van der Waals surface area contributed by atoms with Crippen LogP contribution >= 0.6 is 0 Å². The van der Waals surface area contributed by atoms with Crippen molar-refractivity contribution < 1.29 is 42.0 Å². The average molecular weight is 720 g/mol. The number of carbonyl (C=O) groups is 4. The van der Waals surface area contributed by atoms with Gasteiger partial charge in [0.15, 0.2) is 5.78 Å². The van der Waals surface area contributed by atoms with Crippen LogP contribution in [-0.2, 0) is 32.5 Å². The fourth-order valence-electron chi connectivity index (χ4n) is 5.53. The summed E-state index contributed by atoms with van der Waals surface area (Å²) in [6.45, 7) is 7.60. The van der Waals surface area contributed by atoms with Crippen molar-refractivity contribution in [1.82, 2.24) is 15.6 Å². The van der Waals surface area contributed by atoms with Crippen LogP contribution in [0.15, 0.2) is 77.4 Å². The molecule has 1 aliphatic rings. The molecular formula is C36H41N5O9S. The number of nitrogens with zero attached hydrogens (tertiary/aromatic N) is 2. The maximum absolute atomic E-state index is 13.1. The number of ketones is 1. The van der Waals surface area contributed by atoms with E-state index in [-0.39, 0.29) is 27.6 Å². The molecule has 270 valence electrons. The molecule has 0 spiro atoms. The molecule has 1 atom stereocenters. The number of allylic oxidation sites excluding steroid dienone is 1. The third-order valence-corrected chi connectivity index (χ3v) is 9.27. The third-order valence-electron chi connectivity index (χ3n) is 8.34. The van der Waals surface area contributed by atoms with Gasteiger partial charge >= 0.3 is 5.97 Å². The zero-order chi connectivity index (χ0) is 37.2. The Morgan fingerprint density at radius 2 is 1.84 bits per heavy atom. The Balaban J connectivity index is 1.26. The first kappa shape index (κ1) is 38.4. The van der Waals surface area contributed by atoms with E-state index in [9.17, 15) is 37.3 Å². The Morgan fingerprint density at radius 3 is 2.53 bits per heavy atom. The molecule has 0 saturated heterocycles. The van der Waals surface area contributed by atoms with Crippen LogP contribution in [0.3, 0.4) is 0 Å². The van der Waals surface area contributed by atoms with E-state index in [0.29, 0.717) is 38.7 Å². The Bertz CT molecular complexity index is 1930. The lowest BCUT2D eigenvalue weighted by atomic mass is 9.85. The summed E-state index contributed by atoms with van der Waals surface area (Å²) >= 11 is 0. The molecule has 2 aromatic carbocycles. The number of nitrogens with one attached hydrogen (secondary N) is 3. The topological polar surface area (TPSA) is 213 Å². The Labute approximate surface area is 296 Å². The maximum Gasteiger partial charge on any atom is 0.347 e. The van der Waals surface area contributed by atoms with Gasteiger partial charge in [-0.2, -0.15) is 13.5 Å². The normalized spacial score (nSPS) is 13.6. The molecule has 5 N–H and O–H groups in total. The van der Waals surface area contributed by atoms with Crippen LogP contribution in [-0.4, -0.2) is 65.6 Å². The van der Waals surface area contributed by atoms with Gasteiger partial charge in [-0.15, -0.1) is 6.58 Å². The van der Waals surface area contributed by atoms with E-state index in [0.717, 1.165) is 41.5 Å². The Morgan fingerprint density at radius 1 is 1.08 bits per heavy atom. The highest BCUT2D eigenvalue weighted by atomic mass is 32.2. The van der Waals surface area contributed by atoms with Crippen molar-refractivity contribution in [3.63, 3.8) is 0 Å². The number of aliphatic carboxylic acids is 1. The summed E-state index contributed by atoms with van der Waals surface area (Å²) in [5, 5.41) is 18.3. The van der Waals surface area contributed by atoms with Gasteiger partial charge in [-0.25, -0.2) is 9.78 Å². The van der Waals surface area contributed by atoms with Crippen molar-refractivity contribution in [2.24, 2.45) is 10.5 Å². The van der Waals surface area contributed by atoms with E-state index >= 15 is 0 Å². The highest BCUT2D eigenvalue weighted by Crippen LogP contribution is 2.32. The SMILES string of the molecule is C=CCc1c(OCCCCC(C)(C)C(=O)N[C@H](NC(=O)c2ccc(N/N=C/c3ccccc3S(=O)(=O)O)nc2)C(=O)O)ccc2c1CCCC2=O. The summed E-state index contributed by atoms with van der Waals surface area (Å²) in [7, 11) is -4.46. The number of anilines is 1. The molecule has 0 radical (unpaired) electrons. The van der Waals surface area contributed by atoms with Crippen LogP contribution in [0.1, 0.15) is 83.4 Å². The molecule has 15 heteroatoms. The van der Waals surface area contributed by atoms with Crippen LogP contribution < -0.4 is 20.8 Å². The number of hydrazone groups is 1. The van der Waals surface area contributed by atoms with Gasteiger partial charge in [0, 0.05) is 34.7 Å². The summed E-state index contributed by atoms with van der Waals surface area (Å²) in [5.41, 5.74) is 4.49. The molecule has 0 aliphatic heterocycles. The van der Waals surface area contributed by atoms with Gasteiger partial charge in [-0.05, 0) is 74.4 Å². The molecule has 0 bridgehead atoms. The van der Waals surface area contributed by atoms with Crippen LogP contribution in [0.2, 0.25) is 0 Å². The van der Waals surface area contributed by atoms with Crippen molar-refractivity contribution in [2.75, 3.05) is 12.0 Å². The van der Waals surface area contributed by atoms with E-state index in [1.54, 1.807) is 26.0 Å². The number of hydrogen-bond donors (Lipinski definition) is 5. The molecule has 1 aliphatic carbocycles. The molecule has 51 heavy (non-hydrogen) atoms. The molecule has 2 amide bonds. The van der Waals surface area contributed by atoms with Gasteiger partial charge < -0.3 is 20.5 Å². The molecule has 0 saturated carbocycles. The molecular weight excluding hydrogens is 678 g/mol. The summed E-state index contributed by atoms with van der Waals surface area (Å²) in [6.07, 6.45) is 6.83. The maximum atomic E-state index is 13.1. The van der Waals surface area contributed by atoms with Gasteiger partial charge in [0.1, 0.15) is 16.5 Å². The summed E-state index contributed by atoms with van der Waals surface area (Å²) in [6, 6.07) is 12.1. The van der Waals surface area contributed by atoms with Gasteiger partial charge in [0.05, 0.1) is 18.4 Å². The first-order valence-corrected chi connectivity index (χ1v) is 17.7. The zero-order valence-electron chi connectivity index (χ0n) is 28.3. The number of hydrogen-bond acceptors (Lipinski definition) is 10. The number of unbranched alkanes of at least 4 members (excludes halogenated alkanes) is 1. The molecule has 1 heterocycles. The number of benzene rings is 2. The Hall–Kier alpha value is -5.41. The van der Waals surface area contributed by atoms with Crippen molar-refractivity contribution >= 4 is 45.7 Å². The summed E-state index contributed by atoms with van der Waals surface area (Å²) in [5.74, 6) is -1.78. The number of Topliss-reactive ketones (excluding diaryl/α,β-unsaturated/α-hetero) is 1. The first-order valence-electron chi connectivity index (χ1n) is 16.3. The number of carboxylic acid groups (broad SMARTS) is 1. The zero-order valence-corrected chi connectivity index (χ0v) is 29.2. The predicted molar refractivity (Wildman–Crippen MR) is 189 cm³/mol. The van der Waals surface area contributed by atoms with Gasteiger partial charge in [-0.3, -0.25) is 24.4 Å². The summed E-state index contributed by atoms with van der Waals surface area (Å²) < 4.78 is 38.5. The standard InChI is InChI=1S/C36H41N5O9S/c1-4-10-27-25-12-9-13-28(42)26(25)16-17-29(27)50-20-8-7-19-36(2,3)35(46)40-32(34(44)45)39-33(43)24-15-18-31(37-21-24)41-38-22-23-11-5-6-14-30(23)51(47,48)49/h4-6,11,14-18,21-22,32H,1,7-10,12-13,19-20H2,2-3H3,(H,37,41)(H,39,43)(H,40,46)(H,44,45)(H,47,48,49)/b38-22+/t32-/m0/s1. The first-order chi connectivity index (χ1) is 24.2. The largest absolute Gasteiger partial charge is 0.493 e. The van der Waals surface area contributed by atoms with Crippen molar-refractivity contribution in [3.8, 4) is 5.75 Å². The van der Waals surface area contributed by atoms with Crippen molar-refractivity contribution in [2.45, 2.75) is 69.9 Å². The molecule has 1 aromatic heterocycles. The molecule has 4 rings (SSSR count). The van der Waals surface area contributed by atoms with Crippen LogP contribution in [0.5, 0.6) is 5.75 Å². The van der Waals surface area contributed by atoms with E-state index in [1.165, 1.54) is 36.5 Å². The summed E-state index contributed by atoms with van der Waals surface area (Å²) in [4.78, 5) is 53.9. The number of amides is 2. The highest BCUT2D eigenvalue weighted by Gasteiger charge is 2.32. The lowest BCUT2D eigenvalue weighted by Gasteiger charge is -2.26. The number of carbonyl (C=O) groups excluding carboxylic acids is 3. The lowest BCUT2D eigenvalue weighted by Crippen LogP contribution is -2.55. The lowest BCUT2D eigenvalue weighted by molar-refractivity contribution is -0.144. The van der Waals surface area contributed by atoms with Gasteiger partial charge in [0.25, 0.3) is 16.0 Å². The third kappa shape index (κ3) is 10.3. The number of ether oxygens (including phenoxy) is 1.